The predicted octanol–water partition coefficient (Wildman–Crippen LogP) is 1.42. The van der Waals surface area contributed by atoms with Crippen LogP contribution in [0.15, 0.2) is 12.1 Å². The molecule has 1 aromatic rings. The summed E-state index contributed by atoms with van der Waals surface area (Å²) in [6.45, 7) is -0.210. The summed E-state index contributed by atoms with van der Waals surface area (Å²) >= 11 is 0. The third kappa shape index (κ3) is 3.46. The smallest absolute Gasteiger partial charge is 0.305 e. The largest absolute Gasteiger partial charge is 0.481 e. The van der Waals surface area contributed by atoms with Crippen LogP contribution >= 0.6 is 0 Å². The monoisotopic (exact) mass is 288 g/mol. The van der Waals surface area contributed by atoms with E-state index in [4.69, 9.17) is 5.11 Å². The van der Waals surface area contributed by atoms with E-state index in [1.54, 1.807) is 0 Å². The molecule has 0 aliphatic heterocycles. The molecule has 7 nitrogen and oxygen atoms in total. The number of amides is 1. The van der Waals surface area contributed by atoms with Crippen LogP contribution in [0, 0.1) is 21.7 Å². The Labute approximate surface area is 111 Å². The Balaban J connectivity index is 3.06. The van der Waals surface area contributed by atoms with Crippen LogP contribution in [0.2, 0.25) is 0 Å². The SMILES string of the molecule is CN(CCC(=O)O)C(=O)c1cc([N+](=O)[O-])c(F)cc1F. The molecule has 1 rings (SSSR count). The Morgan fingerprint density at radius 1 is 1.35 bits per heavy atom. The van der Waals surface area contributed by atoms with Crippen LogP contribution in [-0.4, -0.2) is 40.4 Å². The molecule has 0 aromatic heterocycles. The zero-order valence-corrected chi connectivity index (χ0v) is 10.3. The van der Waals surface area contributed by atoms with Crippen molar-refractivity contribution in [3.8, 4) is 0 Å². The van der Waals surface area contributed by atoms with Gasteiger partial charge < -0.3 is 10.0 Å². The molecule has 0 aliphatic rings. The predicted molar refractivity (Wildman–Crippen MR) is 62.2 cm³/mol. The number of hydrogen-bond acceptors (Lipinski definition) is 4. The summed E-state index contributed by atoms with van der Waals surface area (Å²) in [6, 6.07) is 0.737. The fraction of sp³-hybridized carbons (Fsp3) is 0.273. The first-order valence-electron chi connectivity index (χ1n) is 5.34. The van der Waals surface area contributed by atoms with Crippen molar-refractivity contribution in [1.29, 1.82) is 0 Å². The Bertz CT molecular complexity index is 576. The van der Waals surface area contributed by atoms with Gasteiger partial charge in [-0.05, 0) is 0 Å². The highest BCUT2D eigenvalue weighted by atomic mass is 19.1. The van der Waals surface area contributed by atoms with Crippen molar-refractivity contribution in [2.24, 2.45) is 0 Å². The van der Waals surface area contributed by atoms with E-state index in [2.05, 4.69) is 0 Å². The summed E-state index contributed by atoms with van der Waals surface area (Å²) < 4.78 is 26.6. The molecule has 0 saturated carbocycles. The highest BCUT2D eigenvalue weighted by molar-refractivity contribution is 5.95. The molecule has 0 saturated heterocycles. The maximum absolute atomic E-state index is 13.5. The number of carboxylic acid groups (broad SMARTS) is 1. The first-order chi connectivity index (χ1) is 9.23. The Kier molecular flexibility index (Phi) is 4.68. The molecule has 0 atom stereocenters. The maximum atomic E-state index is 13.5. The molecular formula is C11H10F2N2O5. The Morgan fingerprint density at radius 2 is 1.95 bits per heavy atom. The number of nitro groups is 1. The summed E-state index contributed by atoms with van der Waals surface area (Å²) in [4.78, 5) is 32.5. The number of hydrogen-bond donors (Lipinski definition) is 1. The zero-order chi connectivity index (χ0) is 15.4. The summed E-state index contributed by atoms with van der Waals surface area (Å²) in [7, 11) is 1.21. The summed E-state index contributed by atoms with van der Waals surface area (Å²) in [5.74, 6) is -4.76. The third-order valence-corrected chi connectivity index (χ3v) is 2.47. The molecule has 9 heteroatoms. The van der Waals surface area contributed by atoms with Crippen molar-refractivity contribution in [1.82, 2.24) is 4.90 Å². The van der Waals surface area contributed by atoms with Crippen molar-refractivity contribution in [2.75, 3.05) is 13.6 Å². The van der Waals surface area contributed by atoms with Crippen molar-refractivity contribution in [3.05, 3.63) is 39.4 Å². The standard InChI is InChI=1S/C11H10F2N2O5/c1-14(3-2-10(16)17)11(18)6-4-9(15(19)20)8(13)5-7(6)12/h4-5H,2-3H2,1H3,(H,16,17). The molecular weight excluding hydrogens is 278 g/mol. The highest BCUT2D eigenvalue weighted by Crippen LogP contribution is 2.22. The van der Waals surface area contributed by atoms with Gasteiger partial charge in [-0.15, -0.1) is 0 Å². The van der Waals surface area contributed by atoms with Crippen LogP contribution < -0.4 is 0 Å². The van der Waals surface area contributed by atoms with E-state index in [-0.39, 0.29) is 19.0 Å². The number of nitro benzene ring substituents is 1. The van der Waals surface area contributed by atoms with Crippen LogP contribution in [0.4, 0.5) is 14.5 Å². The van der Waals surface area contributed by atoms with Gasteiger partial charge in [0.2, 0.25) is 5.82 Å². The molecule has 1 amide bonds. The second-order valence-electron chi connectivity index (χ2n) is 3.91. The Morgan fingerprint density at radius 3 is 2.45 bits per heavy atom. The molecule has 20 heavy (non-hydrogen) atoms. The molecule has 0 fully saturated rings. The average molecular weight is 288 g/mol. The third-order valence-electron chi connectivity index (χ3n) is 2.47. The number of halogens is 2. The quantitative estimate of drug-likeness (QED) is 0.652. The van der Waals surface area contributed by atoms with E-state index < -0.39 is 39.7 Å². The van der Waals surface area contributed by atoms with Gasteiger partial charge in [0.25, 0.3) is 5.91 Å². The minimum absolute atomic E-state index is 0.210. The van der Waals surface area contributed by atoms with E-state index >= 15 is 0 Å². The summed E-state index contributed by atoms with van der Waals surface area (Å²) in [6.07, 6.45) is -0.368. The number of carbonyl (C=O) groups excluding carboxylic acids is 1. The fourth-order valence-corrected chi connectivity index (χ4v) is 1.41. The van der Waals surface area contributed by atoms with Gasteiger partial charge in [-0.2, -0.15) is 4.39 Å². The van der Waals surface area contributed by atoms with Gasteiger partial charge in [-0.1, -0.05) is 0 Å². The van der Waals surface area contributed by atoms with E-state index in [1.165, 1.54) is 7.05 Å². The van der Waals surface area contributed by atoms with Gasteiger partial charge in [0.05, 0.1) is 16.9 Å². The molecule has 0 spiro atoms. The summed E-state index contributed by atoms with van der Waals surface area (Å²) in [5.41, 5.74) is -1.72. The number of aliphatic carboxylic acids is 1. The van der Waals surface area contributed by atoms with Crippen LogP contribution in [0.3, 0.4) is 0 Å². The average Bonchev–Trinajstić information content (AvgIpc) is 2.34. The van der Waals surface area contributed by atoms with Crippen molar-refractivity contribution in [3.63, 3.8) is 0 Å². The van der Waals surface area contributed by atoms with E-state index in [0.717, 1.165) is 4.90 Å². The van der Waals surface area contributed by atoms with Crippen LogP contribution in [0.5, 0.6) is 0 Å². The molecule has 0 radical (unpaired) electrons. The minimum atomic E-state index is -1.39. The first-order valence-corrected chi connectivity index (χ1v) is 5.34. The number of benzene rings is 1. The van der Waals surface area contributed by atoms with Crippen LogP contribution in [-0.2, 0) is 4.79 Å². The molecule has 0 aliphatic carbocycles. The van der Waals surface area contributed by atoms with Gasteiger partial charge in [-0.3, -0.25) is 19.7 Å². The molecule has 0 bridgehead atoms. The van der Waals surface area contributed by atoms with Gasteiger partial charge in [0.1, 0.15) is 5.82 Å². The molecule has 108 valence electrons. The van der Waals surface area contributed by atoms with E-state index in [1.807, 2.05) is 0 Å². The lowest BCUT2D eigenvalue weighted by Gasteiger charge is -2.16. The summed E-state index contributed by atoms with van der Waals surface area (Å²) in [5, 5.41) is 19.0. The lowest BCUT2D eigenvalue weighted by Crippen LogP contribution is -2.29. The Hall–Kier alpha value is -2.58. The second-order valence-corrected chi connectivity index (χ2v) is 3.91. The topological polar surface area (TPSA) is 101 Å². The van der Waals surface area contributed by atoms with Crippen molar-refractivity contribution >= 4 is 17.6 Å². The normalized spacial score (nSPS) is 10.2. The van der Waals surface area contributed by atoms with Gasteiger partial charge >= 0.3 is 11.7 Å². The molecule has 0 unspecified atom stereocenters. The molecule has 1 aromatic carbocycles. The zero-order valence-electron chi connectivity index (χ0n) is 10.3. The highest BCUT2D eigenvalue weighted by Gasteiger charge is 2.24. The number of rotatable bonds is 5. The van der Waals surface area contributed by atoms with Crippen LogP contribution in [0.25, 0.3) is 0 Å². The van der Waals surface area contributed by atoms with Crippen molar-refractivity contribution in [2.45, 2.75) is 6.42 Å². The lowest BCUT2D eigenvalue weighted by molar-refractivity contribution is -0.387. The first kappa shape index (κ1) is 15.5. The van der Waals surface area contributed by atoms with E-state index in [9.17, 15) is 28.5 Å². The molecule has 0 heterocycles. The van der Waals surface area contributed by atoms with E-state index in [0.29, 0.717) is 6.07 Å². The van der Waals surface area contributed by atoms with Gasteiger partial charge in [0.15, 0.2) is 0 Å². The van der Waals surface area contributed by atoms with Crippen LogP contribution in [0.1, 0.15) is 16.8 Å². The van der Waals surface area contributed by atoms with Crippen molar-refractivity contribution < 1.29 is 28.4 Å². The lowest BCUT2D eigenvalue weighted by atomic mass is 10.1. The minimum Gasteiger partial charge on any atom is -0.481 e. The second kappa shape index (κ2) is 6.04. The number of carbonyl (C=O) groups is 2. The van der Waals surface area contributed by atoms with Gasteiger partial charge in [0, 0.05) is 25.7 Å². The molecule has 1 N–H and O–H groups in total. The maximum Gasteiger partial charge on any atom is 0.305 e. The van der Waals surface area contributed by atoms with Gasteiger partial charge in [-0.25, -0.2) is 4.39 Å². The fourth-order valence-electron chi connectivity index (χ4n) is 1.41. The number of nitrogens with zero attached hydrogens (tertiary/aromatic N) is 2. The number of carboxylic acids is 1.